The first-order valence-corrected chi connectivity index (χ1v) is 9.37. The Hall–Kier alpha value is -2.45. The maximum Gasteiger partial charge on any atom is 0.258 e. The van der Waals surface area contributed by atoms with Gasteiger partial charge in [-0.05, 0) is 48.4 Å². The molecular weight excluding hydrogens is 342 g/mol. The fourth-order valence-corrected chi connectivity index (χ4v) is 3.07. The molecule has 0 fully saturated rings. The van der Waals surface area contributed by atoms with Crippen LogP contribution in [0.25, 0.3) is 0 Å². The van der Waals surface area contributed by atoms with Crippen molar-refractivity contribution >= 4 is 15.9 Å². The molecule has 0 bridgehead atoms. The SMILES string of the molecule is CCCNS(=O)(=O)c1ccc(OCC(=O)NCc2ccncc2)cc1. The van der Waals surface area contributed by atoms with Gasteiger partial charge in [0.15, 0.2) is 6.61 Å². The average Bonchev–Trinajstić information content (AvgIpc) is 2.64. The number of aromatic nitrogens is 1. The van der Waals surface area contributed by atoms with E-state index in [-0.39, 0.29) is 17.4 Å². The van der Waals surface area contributed by atoms with E-state index in [1.807, 2.05) is 19.1 Å². The van der Waals surface area contributed by atoms with Crippen LogP contribution >= 0.6 is 0 Å². The first-order valence-electron chi connectivity index (χ1n) is 7.89. The first-order chi connectivity index (χ1) is 12.0. The molecule has 0 aliphatic heterocycles. The van der Waals surface area contributed by atoms with Gasteiger partial charge in [0, 0.05) is 25.5 Å². The van der Waals surface area contributed by atoms with Crippen LogP contribution in [-0.2, 0) is 21.4 Å². The van der Waals surface area contributed by atoms with Crippen LogP contribution in [0.4, 0.5) is 0 Å². The Morgan fingerprint density at radius 1 is 1.12 bits per heavy atom. The largest absolute Gasteiger partial charge is 0.484 e. The lowest BCUT2D eigenvalue weighted by Crippen LogP contribution is -2.28. The van der Waals surface area contributed by atoms with E-state index in [0.29, 0.717) is 18.8 Å². The normalized spacial score (nSPS) is 11.1. The summed E-state index contributed by atoms with van der Waals surface area (Å²) in [4.78, 5) is 15.8. The van der Waals surface area contributed by atoms with Crippen LogP contribution in [-0.4, -0.2) is 32.5 Å². The van der Waals surface area contributed by atoms with Gasteiger partial charge in [0.25, 0.3) is 5.91 Å². The number of nitrogens with one attached hydrogen (secondary N) is 2. The van der Waals surface area contributed by atoms with Crippen molar-refractivity contribution in [3.63, 3.8) is 0 Å². The van der Waals surface area contributed by atoms with Gasteiger partial charge in [0.05, 0.1) is 4.90 Å². The lowest BCUT2D eigenvalue weighted by Gasteiger charge is -2.09. The number of pyridine rings is 1. The summed E-state index contributed by atoms with van der Waals surface area (Å²) in [5, 5.41) is 2.73. The highest BCUT2D eigenvalue weighted by Crippen LogP contribution is 2.15. The minimum absolute atomic E-state index is 0.148. The van der Waals surface area contributed by atoms with Gasteiger partial charge in [0.1, 0.15) is 5.75 Å². The molecule has 0 atom stereocenters. The molecule has 0 aliphatic carbocycles. The highest BCUT2D eigenvalue weighted by Gasteiger charge is 2.13. The summed E-state index contributed by atoms with van der Waals surface area (Å²) in [6.45, 7) is 2.52. The van der Waals surface area contributed by atoms with Crippen LogP contribution in [0, 0.1) is 0 Å². The van der Waals surface area contributed by atoms with Crippen LogP contribution in [0.1, 0.15) is 18.9 Å². The molecule has 0 spiro atoms. The number of hydrogen-bond acceptors (Lipinski definition) is 5. The quantitative estimate of drug-likeness (QED) is 0.703. The number of nitrogens with zero attached hydrogens (tertiary/aromatic N) is 1. The Bertz CT molecular complexity index is 777. The molecule has 2 aromatic rings. The standard InChI is InChI=1S/C17H21N3O4S/c1-2-9-20-25(22,23)16-5-3-15(4-6-16)24-13-17(21)19-12-14-7-10-18-11-8-14/h3-8,10-11,20H,2,9,12-13H2,1H3,(H,19,21). The zero-order valence-corrected chi connectivity index (χ0v) is 14.8. The fraction of sp³-hybridized carbons (Fsp3) is 0.294. The molecule has 0 aliphatic rings. The number of amides is 1. The van der Waals surface area contributed by atoms with Gasteiger partial charge in [-0.3, -0.25) is 9.78 Å². The summed E-state index contributed by atoms with van der Waals surface area (Å²) in [6.07, 6.45) is 4.03. The number of carbonyl (C=O) groups is 1. The number of ether oxygens (including phenoxy) is 1. The van der Waals surface area contributed by atoms with E-state index in [1.165, 1.54) is 24.3 Å². The Kier molecular flexibility index (Phi) is 6.91. The van der Waals surface area contributed by atoms with Crippen molar-refractivity contribution < 1.29 is 17.9 Å². The molecule has 1 amide bonds. The summed E-state index contributed by atoms with van der Waals surface area (Å²) in [6, 6.07) is 9.57. The summed E-state index contributed by atoms with van der Waals surface area (Å²) in [5.41, 5.74) is 0.942. The molecule has 7 nitrogen and oxygen atoms in total. The lowest BCUT2D eigenvalue weighted by molar-refractivity contribution is -0.123. The fourth-order valence-electron chi connectivity index (χ4n) is 1.94. The molecule has 1 heterocycles. The van der Waals surface area contributed by atoms with Crippen LogP contribution in [0.5, 0.6) is 5.75 Å². The molecule has 25 heavy (non-hydrogen) atoms. The Morgan fingerprint density at radius 3 is 2.44 bits per heavy atom. The highest BCUT2D eigenvalue weighted by molar-refractivity contribution is 7.89. The predicted octanol–water partition coefficient (Wildman–Crippen LogP) is 1.47. The first kappa shape index (κ1) is 18.9. The molecule has 2 N–H and O–H groups in total. The summed E-state index contributed by atoms with van der Waals surface area (Å²) in [7, 11) is -3.50. The molecule has 1 aromatic heterocycles. The Balaban J connectivity index is 1.82. The molecule has 0 radical (unpaired) electrons. The second-order valence-corrected chi connectivity index (χ2v) is 7.06. The third-order valence-electron chi connectivity index (χ3n) is 3.29. The Morgan fingerprint density at radius 2 is 1.80 bits per heavy atom. The second kappa shape index (κ2) is 9.14. The summed E-state index contributed by atoms with van der Waals surface area (Å²) >= 11 is 0. The maximum absolute atomic E-state index is 12.0. The maximum atomic E-state index is 12.0. The van der Waals surface area contributed by atoms with E-state index in [4.69, 9.17) is 4.74 Å². The second-order valence-electron chi connectivity index (χ2n) is 5.29. The van der Waals surface area contributed by atoms with Crippen molar-refractivity contribution in [1.82, 2.24) is 15.0 Å². The number of rotatable bonds is 9. The van der Waals surface area contributed by atoms with Gasteiger partial charge >= 0.3 is 0 Å². The molecule has 0 unspecified atom stereocenters. The molecular formula is C17H21N3O4S. The molecule has 1 aromatic carbocycles. The van der Waals surface area contributed by atoms with Crippen molar-refractivity contribution in [1.29, 1.82) is 0 Å². The third kappa shape index (κ3) is 6.17. The van der Waals surface area contributed by atoms with Gasteiger partial charge in [-0.25, -0.2) is 13.1 Å². The van der Waals surface area contributed by atoms with Crippen molar-refractivity contribution in [3.8, 4) is 5.75 Å². The van der Waals surface area contributed by atoms with Crippen LogP contribution in [0.15, 0.2) is 53.7 Å². The lowest BCUT2D eigenvalue weighted by atomic mass is 10.3. The predicted molar refractivity (Wildman–Crippen MR) is 93.5 cm³/mol. The minimum Gasteiger partial charge on any atom is -0.484 e. The van der Waals surface area contributed by atoms with Crippen molar-refractivity contribution in [2.75, 3.05) is 13.2 Å². The molecule has 0 saturated heterocycles. The average molecular weight is 363 g/mol. The van der Waals surface area contributed by atoms with Gasteiger partial charge < -0.3 is 10.1 Å². The molecule has 0 saturated carbocycles. The van der Waals surface area contributed by atoms with Gasteiger partial charge in [-0.2, -0.15) is 0 Å². The molecule has 2 rings (SSSR count). The van der Waals surface area contributed by atoms with Crippen LogP contribution in [0.3, 0.4) is 0 Å². The zero-order valence-electron chi connectivity index (χ0n) is 13.9. The van der Waals surface area contributed by atoms with E-state index < -0.39 is 10.0 Å². The van der Waals surface area contributed by atoms with Gasteiger partial charge in [-0.1, -0.05) is 6.92 Å². The zero-order chi connectivity index (χ0) is 18.1. The number of sulfonamides is 1. The Labute approximate surface area is 147 Å². The molecule has 8 heteroatoms. The topological polar surface area (TPSA) is 97.4 Å². The number of benzene rings is 1. The summed E-state index contributed by atoms with van der Waals surface area (Å²) < 4.78 is 31.8. The minimum atomic E-state index is -3.50. The third-order valence-corrected chi connectivity index (χ3v) is 4.76. The molecule has 134 valence electrons. The monoisotopic (exact) mass is 363 g/mol. The van der Waals surface area contributed by atoms with Crippen molar-refractivity contribution in [2.45, 2.75) is 24.8 Å². The number of carbonyl (C=O) groups excluding carboxylic acids is 1. The van der Waals surface area contributed by atoms with Crippen molar-refractivity contribution in [2.24, 2.45) is 0 Å². The van der Waals surface area contributed by atoms with E-state index in [1.54, 1.807) is 12.4 Å². The van der Waals surface area contributed by atoms with Crippen LogP contribution in [0.2, 0.25) is 0 Å². The van der Waals surface area contributed by atoms with E-state index in [2.05, 4.69) is 15.0 Å². The van der Waals surface area contributed by atoms with Crippen LogP contribution < -0.4 is 14.8 Å². The van der Waals surface area contributed by atoms with Gasteiger partial charge in [0.2, 0.25) is 10.0 Å². The van der Waals surface area contributed by atoms with E-state index >= 15 is 0 Å². The van der Waals surface area contributed by atoms with E-state index in [0.717, 1.165) is 12.0 Å². The van der Waals surface area contributed by atoms with Crippen molar-refractivity contribution in [3.05, 3.63) is 54.4 Å². The number of hydrogen-bond donors (Lipinski definition) is 2. The highest BCUT2D eigenvalue weighted by atomic mass is 32.2. The smallest absolute Gasteiger partial charge is 0.258 e. The van der Waals surface area contributed by atoms with E-state index in [9.17, 15) is 13.2 Å². The van der Waals surface area contributed by atoms with Gasteiger partial charge in [-0.15, -0.1) is 0 Å². The summed E-state index contributed by atoms with van der Waals surface area (Å²) in [5.74, 6) is 0.159.